The molecule has 1 atom stereocenters. The zero-order valence-corrected chi connectivity index (χ0v) is 18.3. The largest absolute Gasteiger partial charge is 0.467 e. The van der Waals surface area contributed by atoms with Crippen LogP contribution in [0.1, 0.15) is 46.4 Å². The minimum absolute atomic E-state index is 0.0505. The summed E-state index contributed by atoms with van der Waals surface area (Å²) >= 11 is 5.88. The van der Waals surface area contributed by atoms with Gasteiger partial charge in [-0.3, -0.25) is 9.59 Å². The average Bonchev–Trinajstić information content (AvgIpc) is 3.46. The minimum Gasteiger partial charge on any atom is -0.467 e. The van der Waals surface area contributed by atoms with Gasteiger partial charge in [0.1, 0.15) is 23.2 Å². The number of carbonyl (C=O) groups is 1. The Morgan fingerprint density at radius 2 is 2.03 bits per heavy atom. The molecule has 3 heterocycles. The van der Waals surface area contributed by atoms with E-state index in [2.05, 4.69) is 5.32 Å². The highest BCUT2D eigenvalue weighted by atomic mass is 35.5. The highest BCUT2D eigenvalue weighted by Gasteiger charge is 2.18. The average molecular weight is 455 g/mol. The summed E-state index contributed by atoms with van der Waals surface area (Å²) in [6.45, 7) is 0.284. The van der Waals surface area contributed by atoms with E-state index in [1.165, 1.54) is 12.5 Å². The minimum atomic E-state index is -0.684. The summed E-state index contributed by atoms with van der Waals surface area (Å²) in [5, 5.41) is 13.9. The number of pyridine rings is 1. The van der Waals surface area contributed by atoms with Gasteiger partial charge in [-0.05, 0) is 48.7 Å². The van der Waals surface area contributed by atoms with Crippen LogP contribution in [0.15, 0.2) is 68.6 Å². The van der Waals surface area contributed by atoms with Crippen molar-refractivity contribution in [2.24, 2.45) is 7.05 Å². The summed E-state index contributed by atoms with van der Waals surface area (Å²) in [5.41, 5.74) is 0.959. The van der Waals surface area contributed by atoms with Crippen LogP contribution >= 0.6 is 11.6 Å². The van der Waals surface area contributed by atoms with E-state index in [0.717, 1.165) is 5.56 Å². The van der Waals surface area contributed by atoms with Crippen molar-refractivity contribution >= 4 is 28.6 Å². The van der Waals surface area contributed by atoms with Crippen LogP contribution in [0.4, 0.5) is 0 Å². The molecular formula is C24H23ClN2O5. The third-order valence-corrected chi connectivity index (χ3v) is 5.53. The molecule has 0 fully saturated rings. The molecule has 0 radical (unpaired) electrons. The number of aliphatic hydroxyl groups is 1. The number of aryl methyl sites for hydroxylation is 2. The van der Waals surface area contributed by atoms with Gasteiger partial charge in [0.2, 0.25) is 11.1 Å². The maximum absolute atomic E-state index is 12.9. The number of hydrogen-bond acceptors (Lipinski definition) is 5. The summed E-state index contributed by atoms with van der Waals surface area (Å²) in [6.07, 6.45) is 4.01. The van der Waals surface area contributed by atoms with Gasteiger partial charge in [0, 0.05) is 31.2 Å². The second kappa shape index (κ2) is 9.46. The van der Waals surface area contributed by atoms with Gasteiger partial charge in [0.15, 0.2) is 0 Å². The predicted molar refractivity (Wildman–Crippen MR) is 121 cm³/mol. The number of benzene rings is 1. The topological polar surface area (TPSA) is 97.6 Å². The van der Waals surface area contributed by atoms with Gasteiger partial charge in [0.25, 0.3) is 5.91 Å². The normalized spacial score (nSPS) is 12.2. The van der Waals surface area contributed by atoms with Crippen LogP contribution in [0.2, 0.25) is 5.02 Å². The molecule has 0 aliphatic heterocycles. The lowest BCUT2D eigenvalue weighted by Crippen LogP contribution is -2.29. The number of nitrogens with zero attached hydrogens (tertiary/aromatic N) is 1. The van der Waals surface area contributed by atoms with E-state index in [9.17, 15) is 14.7 Å². The van der Waals surface area contributed by atoms with Gasteiger partial charge in [-0.25, -0.2) is 0 Å². The summed E-state index contributed by atoms with van der Waals surface area (Å²) in [7, 11) is 1.73. The molecule has 0 aliphatic carbocycles. The number of furan rings is 2. The fraction of sp³-hybridized carbons (Fsp3) is 0.250. The molecule has 0 saturated carbocycles. The monoisotopic (exact) mass is 454 g/mol. The standard InChI is InChI=1S/C24H23ClN2O5/c1-27-14-19(23(30)26-13-15-7-9-16(25)10-8-15)22(29)18-12-17(32-24(18)27)4-2-5-20(28)21-6-3-11-31-21/h3,6-12,14,20,28H,2,4-5,13H2,1H3,(H,26,30)/t20-/m1/s1. The zero-order chi connectivity index (χ0) is 22.7. The molecule has 0 unspecified atom stereocenters. The highest BCUT2D eigenvalue weighted by Crippen LogP contribution is 2.22. The number of nitrogens with one attached hydrogen (secondary N) is 1. The van der Waals surface area contributed by atoms with E-state index in [1.54, 1.807) is 41.9 Å². The van der Waals surface area contributed by atoms with Crippen molar-refractivity contribution in [1.82, 2.24) is 9.88 Å². The van der Waals surface area contributed by atoms with Crippen LogP contribution in [0.3, 0.4) is 0 Å². The van der Waals surface area contributed by atoms with E-state index in [-0.39, 0.29) is 17.5 Å². The number of carbonyl (C=O) groups excluding carboxylic acids is 1. The lowest BCUT2D eigenvalue weighted by Gasteiger charge is -2.07. The Morgan fingerprint density at radius 3 is 2.75 bits per heavy atom. The molecule has 1 amide bonds. The van der Waals surface area contributed by atoms with Gasteiger partial charge in [-0.15, -0.1) is 0 Å². The van der Waals surface area contributed by atoms with Crippen molar-refractivity contribution in [2.45, 2.75) is 31.9 Å². The molecule has 7 nitrogen and oxygen atoms in total. The lowest BCUT2D eigenvalue weighted by atomic mass is 10.1. The molecule has 4 rings (SSSR count). The first-order valence-corrected chi connectivity index (χ1v) is 10.7. The zero-order valence-electron chi connectivity index (χ0n) is 17.5. The van der Waals surface area contributed by atoms with Crippen LogP contribution < -0.4 is 10.7 Å². The van der Waals surface area contributed by atoms with E-state index in [4.69, 9.17) is 20.4 Å². The third-order valence-electron chi connectivity index (χ3n) is 5.28. The molecule has 0 bridgehead atoms. The predicted octanol–water partition coefficient (Wildman–Crippen LogP) is 4.36. The van der Waals surface area contributed by atoms with E-state index in [0.29, 0.717) is 46.9 Å². The molecule has 3 aromatic heterocycles. The number of hydrogen-bond donors (Lipinski definition) is 2. The van der Waals surface area contributed by atoms with Gasteiger partial charge < -0.3 is 23.8 Å². The Balaban J connectivity index is 1.45. The van der Waals surface area contributed by atoms with Crippen molar-refractivity contribution < 1.29 is 18.7 Å². The Labute approximate surface area is 189 Å². The van der Waals surface area contributed by atoms with Crippen molar-refractivity contribution in [1.29, 1.82) is 0 Å². The van der Waals surface area contributed by atoms with Crippen molar-refractivity contribution in [3.05, 3.63) is 92.8 Å². The molecule has 8 heteroatoms. The first-order valence-electron chi connectivity index (χ1n) is 10.3. The number of aromatic nitrogens is 1. The van der Waals surface area contributed by atoms with Crippen LogP contribution in [0.5, 0.6) is 0 Å². The molecule has 166 valence electrons. The maximum Gasteiger partial charge on any atom is 0.257 e. The van der Waals surface area contributed by atoms with Gasteiger partial charge in [-0.1, -0.05) is 23.7 Å². The van der Waals surface area contributed by atoms with Crippen molar-refractivity contribution in [3.8, 4) is 0 Å². The molecule has 0 saturated heterocycles. The van der Waals surface area contributed by atoms with Crippen LogP contribution in [0.25, 0.3) is 11.1 Å². The smallest absolute Gasteiger partial charge is 0.257 e. The van der Waals surface area contributed by atoms with Crippen molar-refractivity contribution in [3.63, 3.8) is 0 Å². The number of aliphatic hydroxyl groups excluding tert-OH is 1. The second-order valence-corrected chi connectivity index (χ2v) is 8.08. The molecular weight excluding hydrogens is 432 g/mol. The summed E-state index contributed by atoms with van der Waals surface area (Å²) in [6, 6.07) is 12.3. The molecule has 1 aromatic carbocycles. The fourth-order valence-electron chi connectivity index (χ4n) is 3.57. The number of fused-ring (bicyclic) bond motifs is 1. The number of rotatable bonds is 8. The van der Waals surface area contributed by atoms with Gasteiger partial charge >= 0.3 is 0 Å². The summed E-state index contributed by atoms with van der Waals surface area (Å²) in [5.74, 6) is 0.696. The Bertz CT molecular complexity index is 1270. The third kappa shape index (κ3) is 4.79. The second-order valence-electron chi connectivity index (χ2n) is 7.65. The highest BCUT2D eigenvalue weighted by molar-refractivity contribution is 6.30. The van der Waals surface area contributed by atoms with Gasteiger partial charge in [0.05, 0.1) is 11.6 Å². The van der Waals surface area contributed by atoms with E-state index in [1.807, 2.05) is 12.1 Å². The quantitative estimate of drug-likeness (QED) is 0.412. The lowest BCUT2D eigenvalue weighted by molar-refractivity contribution is 0.0949. The fourth-order valence-corrected chi connectivity index (χ4v) is 3.70. The Kier molecular flexibility index (Phi) is 6.48. The Morgan fingerprint density at radius 1 is 1.25 bits per heavy atom. The summed E-state index contributed by atoms with van der Waals surface area (Å²) in [4.78, 5) is 25.6. The summed E-state index contributed by atoms with van der Waals surface area (Å²) < 4.78 is 12.7. The number of halogens is 1. The van der Waals surface area contributed by atoms with Crippen LogP contribution in [-0.2, 0) is 20.0 Å². The Hall–Kier alpha value is -3.29. The molecule has 32 heavy (non-hydrogen) atoms. The van der Waals surface area contributed by atoms with Crippen LogP contribution in [-0.4, -0.2) is 15.6 Å². The van der Waals surface area contributed by atoms with Gasteiger partial charge in [-0.2, -0.15) is 0 Å². The molecule has 2 N–H and O–H groups in total. The number of amides is 1. The first-order chi connectivity index (χ1) is 15.4. The van der Waals surface area contributed by atoms with Crippen LogP contribution in [0, 0.1) is 0 Å². The van der Waals surface area contributed by atoms with E-state index < -0.39 is 12.0 Å². The first kappa shape index (κ1) is 21.9. The molecule has 0 aliphatic rings. The molecule has 0 spiro atoms. The van der Waals surface area contributed by atoms with Crippen molar-refractivity contribution in [2.75, 3.05) is 0 Å². The maximum atomic E-state index is 12.9. The molecule has 4 aromatic rings. The van der Waals surface area contributed by atoms with E-state index >= 15 is 0 Å². The SMILES string of the molecule is Cn1cc(C(=O)NCc2ccc(Cl)cc2)c(=O)c2cc(CCC[C@@H](O)c3ccco3)oc21.